The van der Waals surface area contributed by atoms with Gasteiger partial charge in [-0.3, -0.25) is 4.90 Å². The predicted octanol–water partition coefficient (Wildman–Crippen LogP) is 10.3. The van der Waals surface area contributed by atoms with Crippen LogP contribution in [0.4, 0.5) is 0 Å². The SMILES string of the molecule is Clc1ccc(CC2C=CC3=C(CCc4c3ccc3ccccc43)C2N2CCCC2)cc1Cl.Oc1ccc2ccccc2c1. The summed E-state index contributed by atoms with van der Waals surface area (Å²) in [4.78, 5) is 2.74. The number of aromatic hydroxyl groups is 1. The number of allylic oxidation sites excluding steroid dienone is 2. The molecule has 1 N–H and O–H groups in total. The lowest BCUT2D eigenvalue weighted by molar-refractivity contribution is 0.221. The molecule has 5 aromatic carbocycles. The standard InChI is InChI=1S/C29H27Cl2N.C10H8O/c30-27-14-7-19(18-28(27)31)17-21-9-11-25-24-10-8-20-5-1-2-6-22(20)23(24)12-13-26(25)29(21)32-15-3-4-16-32;11-10-6-5-8-3-1-2-4-9(8)7-10/h1-2,5-11,14,18,21,29H,3-4,12-13,15-17H2;1-7,11H. The van der Waals surface area contributed by atoms with Crippen molar-refractivity contribution in [3.8, 4) is 5.75 Å². The number of rotatable bonds is 3. The number of aryl methyl sites for hydroxylation is 1. The van der Waals surface area contributed by atoms with E-state index in [9.17, 15) is 0 Å². The fourth-order valence-corrected chi connectivity index (χ4v) is 7.64. The third kappa shape index (κ3) is 5.72. The molecule has 1 aliphatic heterocycles. The van der Waals surface area contributed by atoms with Gasteiger partial charge in [0.25, 0.3) is 0 Å². The van der Waals surface area contributed by atoms with Gasteiger partial charge in [0.05, 0.1) is 10.0 Å². The Hall–Kier alpha value is -3.56. The maximum Gasteiger partial charge on any atom is 0.116 e. The van der Waals surface area contributed by atoms with Crippen LogP contribution < -0.4 is 0 Å². The van der Waals surface area contributed by atoms with Crippen molar-refractivity contribution in [1.29, 1.82) is 0 Å². The molecule has 5 aromatic rings. The Morgan fingerprint density at radius 3 is 2.28 bits per heavy atom. The molecule has 8 rings (SSSR count). The zero-order chi connectivity index (χ0) is 29.3. The van der Waals surface area contributed by atoms with Crippen molar-refractivity contribution in [3.05, 3.63) is 142 Å². The first-order valence-corrected chi connectivity index (χ1v) is 16.1. The molecule has 1 fully saturated rings. The highest BCUT2D eigenvalue weighted by Crippen LogP contribution is 2.44. The molecule has 1 saturated heterocycles. The van der Waals surface area contributed by atoms with Crippen LogP contribution in [0.5, 0.6) is 5.75 Å². The molecule has 0 saturated carbocycles. The summed E-state index contributed by atoms with van der Waals surface area (Å²) < 4.78 is 0. The van der Waals surface area contributed by atoms with Gasteiger partial charge < -0.3 is 5.11 Å². The molecular weight excluding hydrogens is 569 g/mol. The second-order valence-corrected chi connectivity index (χ2v) is 12.8. The van der Waals surface area contributed by atoms with Crippen LogP contribution in [0, 0.1) is 5.92 Å². The lowest BCUT2D eigenvalue weighted by atomic mass is 9.73. The van der Waals surface area contributed by atoms with Gasteiger partial charge in [0.2, 0.25) is 0 Å². The van der Waals surface area contributed by atoms with Crippen molar-refractivity contribution in [2.75, 3.05) is 13.1 Å². The summed E-state index contributed by atoms with van der Waals surface area (Å²) in [5.41, 5.74) is 7.35. The molecule has 216 valence electrons. The van der Waals surface area contributed by atoms with Crippen molar-refractivity contribution < 1.29 is 5.11 Å². The minimum atomic E-state index is 0.323. The van der Waals surface area contributed by atoms with Crippen LogP contribution in [0.15, 0.2) is 115 Å². The fraction of sp³-hybridized carbons (Fsp3) is 0.231. The van der Waals surface area contributed by atoms with Crippen LogP contribution in [0.1, 0.15) is 36.0 Å². The second-order valence-electron chi connectivity index (χ2n) is 11.9. The quantitative estimate of drug-likeness (QED) is 0.222. The van der Waals surface area contributed by atoms with Gasteiger partial charge in [-0.2, -0.15) is 0 Å². The van der Waals surface area contributed by atoms with E-state index in [0.717, 1.165) is 30.0 Å². The monoisotopic (exact) mass is 603 g/mol. The average molecular weight is 605 g/mol. The number of halogens is 2. The Balaban J connectivity index is 0.000000229. The molecule has 2 nitrogen and oxygen atoms in total. The zero-order valence-corrected chi connectivity index (χ0v) is 25.7. The number of likely N-dealkylation sites (tertiary alicyclic amines) is 1. The molecule has 0 spiro atoms. The molecule has 0 bridgehead atoms. The maximum absolute atomic E-state index is 9.13. The Kier molecular flexibility index (Phi) is 8.01. The van der Waals surface area contributed by atoms with Gasteiger partial charge in [0, 0.05) is 12.0 Å². The first kappa shape index (κ1) is 28.2. The summed E-state index contributed by atoms with van der Waals surface area (Å²) in [6.45, 7) is 2.41. The Bertz CT molecular complexity index is 1870. The van der Waals surface area contributed by atoms with Gasteiger partial charge >= 0.3 is 0 Å². The molecule has 4 heteroatoms. The van der Waals surface area contributed by atoms with E-state index in [-0.39, 0.29) is 0 Å². The number of fused-ring (bicyclic) bond motifs is 5. The van der Waals surface area contributed by atoms with Gasteiger partial charge in [-0.25, -0.2) is 0 Å². The number of phenolic OH excluding ortho intramolecular Hbond substituents is 1. The second kappa shape index (κ2) is 12.2. The van der Waals surface area contributed by atoms with Crippen molar-refractivity contribution in [3.63, 3.8) is 0 Å². The summed E-state index contributed by atoms with van der Waals surface area (Å²) in [5, 5.41) is 15.4. The number of benzene rings is 5. The van der Waals surface area contributed by atoms with Crippen LogP contribution in [0.2, 0.25) is 10.0 Å². The summed E-state index contributed by atoms with van der Waals surface area (Å²) in [6.07, 6.45) is 10.8. The highest BCUT2D eigenvalue weighted by Gasteiger charge is 2.36. The van der Waals surface area contributed by atoms with E-state index in [0.29, 0.717) is 27.8 Å². The summed E-state index contributed by atoms with van der Waals surface area (Å²) >= 11 is 12.5. The van der Waals surface area contributed by atoms with Gasteiger partial charge in [-0.05, 0) is 119 Å². The largest absolute Gasteiger partial charge is 0.508 e. The Morgan fingerprint density at radius 2 is 1.47 bits per heavy atom. The topological polar surface area (TPSA) is 23.5 Å². The Labute approximate surface area is 263 Å². The molecule has 0 aromatic heterocycles. The maximum atomic E-state index is 9.13. The fourth-order valence-electron chi connectivity index (χ4n) is 7.32. The molecule has 0 amide bonds. The van der Waals surface area contributed by atoms with E-state index in [2.05, 4.69) is 59.5 Å². The van der Waals surface area contributed by atoms with E-state index in [1.165, 1.54) is 59.0 Å². The van der Waals surface area contributed by atoms with E-state index >= 15 is 0 Å². The van der Waals surface area contributed by atoms with Crippen LogP contribution in [-0.2, 0) is 12.8 Å². The van der Waals surface area contributed by atoms with Crippen molar-refractivity contribution >= 4 is 50.3 Å². The highest BCUT2D eigenvalue weighted by molar-refractivity contribution is 6.42. The van der Waals surface area contributed by atoms with Crippen LogP contribution in [0.25, 0.3) is 27.1 Å². The van der Waals surface area contributed by atoms with Crippen molar-refractivity contribution in [2.45, 2.75) is 38.1 Å². The Morgan fingerprint density at radius 1 is 0.721 bits per heavy atom. The minimum absolute atomic E-state index is 0.323. The summed E-state index contributed by atoms with van der Waals surface area (Å²) in [6, 6.07) is 33.4. The molecular formula is C39H35Cl2NO. The molecule has 43 heavy (non-hydrogen) atoms. The molecule has 2 unspecified atom stereocenters. The summed E-state index contributed by atoms with van der Waals surface area (Å²) in [7, 11) is 0. The van der Waals surface area contributed by atoms with E-state index in [1.807, 2.05) is 42.5 Å². The molecule has 2 aliphatic carbocycles. The van der Waals surface area contributed by atoms with Gasteiger partial charge in [0.1, 0.15) is 5.75 Å². The number of phenols is 1. The minimum Gasteiger partial charge on any atom is -0.508 e. The number of hydrogen-bond acceptors (Lipinski definition) is 2. The third-order valence-electron chi connectivity index (χ3n) is 9.32. The smallest absolute Gasteiger partial charge is 0.116 e. The third-order valence-corrected chi connectivity index (χ3v) is 10.1. The normalized spacial score (nSPS) is 19.7. The van der Waals surface area contributed by atoms with Gasteiger partial charge in [-0.1, -0.05) is 108 Å². The number of nitrogens with zero attached hydrogens (tertiary/aromatic N) is 1. The average Bonchev–Trinajstić information content (AvgIpc) is 3.57. The molecule has 2 atom stereocenters. The van der Waals surface area contributed by atoms with Crippen LogP contribution >= 0.6 is 23.2 Å². The first-order valence-electron chi connectivity index (χ1n) is 15.3. The lowest BCUT2D eigenvalue weighted by Gasteiger charge is -2.41. The van der Waals surface area contributed by atoms with Crippen LogP contribution in [-0.4, -0.2) is 29.1 Å². The lowest BCUT2D eigenvalue weighted by Crippen LogP contribution is -2.42. The van der Waals surface area contributed by atoms with Gasteiger partial charge in [0.15, 0.2) is 0 Å². The van der Waals surface area contributed by atoms with E-state index < -0.39 is 0 Å². The highest BCUT2D eigenvalue weighted by atomic mass is 35.5. The number of hydrogen-bond donors (Lipinski definition) is 1. The van der Waals surface area contributed by atoms with Gasteiger partial charge in [-0.15, -0.1) is 0 Å². The van der Waals surface area contributed by atoms with Crippen molar-refractivity contribution in [1.82, 2.24) is 4.90 Å². The summed E-state index contributed by atoms with van der Waals surface area (Å²) in [5.74, 6) is 0.787. The molecule has 1 heterocycles. The van der Waals surface area contributed by atoms with Crippen LogP contribution in [0.3, 0.4) is 0 Å². The predicted molar refractivity (Wildman–Crippen MR) is 182 cm³/mol. The first-order chi connectivity index (χ1) is 21.0. The van der Waals surface area contributed by atoms with Crippen molar-refractivity contribution in [2.24, 2.45) is 5.92 Å². The van der Waals surface area contributed by atoms with E-state index in [1.54, 1.807) is 17.7 Å². The zero-order valence-electron chi connectivity index (χ0n) is 24.1. The molecule has 3 aliphatic rings. The van der Waals surface area contributed by atoms with E-state index in [4.69, 9.17) is 28.3 Å². The molecule has 0 radical (unpaired) electrons.